The van der Waals surface area contributed by atoms with Gasteiger partial charge in [-0.25, -0.2) is 0 Å². The standard InChI is InChI=1S/C32H22N2O/c1-18(2)19-14-15-33-26(16-19)25-17-24-22-11-7-10-21-20-8-3-5-12-27(20)34(30(21)22)31(24)29-23-9-4-6-13-28(23)35-32(25)29/h3-18H,1-2H3. The number of hydrogen-bond donors (Lipinski definition) is 0. The Kier molecular flexibility index (Phi) is 3.58. The van der Waals surface area contributed by atoms with Crippen molar-refractivity contribution in [3.63, 3.8) is 0 Å². The van der Waals surface area contributed by atoms with Crippen LogP contribution in [0.4, 0.5) is 0 Å². The van der Waals surface area contributed by atoms with Crippen LogP contribution in [-0.2, 0) is 0 Å². The van der Waals surface area contributed by atoms with Crippen molar-refractivity contribution in [3.8, 4) is 11.3 Å². The third-order valence-corrected chi connectivity index (χ3v) is 7.56. The first-order chi connectivity index (χ1) is 17.2. The van der Waals surface area contributed by atoms with Crippen molar-refractivity contribution >= 4 is 60.0 Å². The van der Waals surface area contributed by atoms with E-state index in [1.165, 1.54) is 43.7 Å². The summed E-state index contributed by atoms with van der Waals surface area (Å²) in [5.41, 5.74) is 8.80. The van der Waals surface area contributed by atoms with Gasteiger partial charge in [0.2, 0.25) is 0 Å². The minimum absolute atomic E-state index is 0.429. The Balaban J connectivity index is 1.67. The third-order valence-electron chi connectivity index (χ3n) is 7.56. The van der Waals surface area contributed by atoms with Crippen LogP contribution in [0.2, 0.25) is 0 Å². The second-order valence-corrected chi connectivity index (χ2v) is 9.81. The lowest BCUT2D eigenvalue weighted by Gasteiger charge is -2.09. The van der Waals surface area contributed by atoms with E-state index in [0.29, 0.717) is 5.92 Å². The van der Waals surface area contributed by atoms with Crippen molar-refractivity contribution in [3.05, 3.63) is 96.7 Å². The van der Waals surface area contributed by atoms with E-state index in [-0.39, 0.29) is 0 Å². The zero-order chi connectivity index (χ0) is 23.3. The molecular weight excluding hydrogens is 428 g/mol. The zero-order valence-electron chi connectivity index (χ0n) is 19.5. The monoisotopic (exact) mass is 450 g/mol. The second-order valence-electron chi connectivity index (χ2n) is 9.81. The Hall–Kier alpha value is -4.37. The van der Waals surface area contributed by atoms with E-state index >= 15 is 0 Å². The van der Waals surface area contributed by atoms with Crippen LogP contribution >= 0.6 is 0 Å². The Labute approximate surface area is 201 Å². The summed E-state index contributed by atoms with van der Waals surface area (Å²) >= 11 is 0. The number of hydrogen-bond acceptors (Lipinski definition) is 2. The van der Waals surface area contributed by atoms with Crippen LogP contribution in [-0.4, -0.2) is 9.38 Å². The van der Waals surface area contributed by atoms with Crippen molar-refractivity contribution < 1.29 is 4.42 Å². The summed E-state index contributed by atoms with van der Waals surface area (Å²) in [4.78, 5) is 4.81. The van der Waals surface area contributed by atoms with Gasteiger partial charge in [-0.1, -0.05) is 68.4 Å². The molecule has 0 aliphatic rings. The number of benzene rings is 4. The molecule has 0 saturated carbocycles. The molecule has 0 amide bonds. The predicted molar refractivity (Wildman–Crippen MR) is 146 cm³/mol. The minimum atomic E-state index is 0.429. The Morgan fingerprint density at radius 1 is 0.714 bits per heavy atom. The first kappa shape index (κ1) is 19.0. The highest BCUT2D eigenvalue weighted by molar-refractivity contribution is 6.31. The van der Waals surface area contributed by atoms with Crippen LogP contribution in [0, 0.1) is 0 Å². The first-order valence-corrected chi connectivity index (χ1v) is 12.2. The van der Waals surface area contributed by atoms with Crippen molar-refractivity contribution in [1.29, 1.82) is 0 Å². The second kappa shape index (κ2) is 6.61. The van der Waals surface area contributed by atoms with Crippen LogP contribution in [0.3, 0.4) is 0 Å². The molecular formula is C32H22N2O. The maximum Gasteiger partial charge on any atom is 0.146 e. The lowest BCUT2D eigenvalue weighted by Crippen LogP contribution is -1.91. The van der Waals surface area contributed by atoms with Crippen LogP contribution < -0.4 is 0 Å². The number of rotatable bonds is 2. The highest BCUT2D eigenvalue weighted by atomic mass is 16.3. The number of aromatic nitrogens is 2. The summed E-state index contributed by atoms with van der Waals surface area (Å²) in [6, 6.07) is 30.4. The summed E-state index contributed by atoms with van der Waals surface area (Å²) in [6.07, 6.45) is 1.92. The molecule has 8 aromatic rings. The molecule has 4 aromatic heterocycles. The topological polar surface area (TPSA) is 30.4 Å². The van der Waals surface area contributed by atoms with E-state index in [1.54, 1.807) is 0 Å². The van der Waals surface area contributed by atoms with E-state index < -0.39 is 0 Å². The lowest BCUT2D eigenvalue weighted by atomic mass is 9.98. The van der Waals surface area contributed by atoms with Gasteiger partial charge in [-0.15, -0.1) is 0 Å². The van der Waals surface area contributed by atoms with Crippen molar-refractivity contribution in [1.82, 2.24) is 9.38 Å². The van der Waals surface area contributed by atoms with Gasteiger partial charge in [0.25, 0.3) is 0 Å². The zero-order valence-corrected chi connectivity index (χ0v) is 19.5. The molecule has 0 aliphatic heterocycles. The van der Waals surface area contributed by atoms with Crippen LogP contribution in [0.25, 0.3) is 71.3 Å². The molecule has 0 saturated heterocycles. The van der Waals surface area contributed by atoms with Gasteiger partial charge in [0.05, 0.1) is 27.6 Å². The molecule has 4 aromatic carbocycles. The molecule has 35 heavy (non-hydrogen) atoms. The van der Waals surface area contributed by atoms with Crippen LogP contribution in [0.1, 0.15) is 25.3 Å². The lowest BCUT2D eigenvalue weighted by molar-refractivity contribution is 0.670. The molecule has 3 heteroatoms. The SMILES string of the molecule is CC(C)c1ccnc(-c2cc3c4cccc5c6ccccc6n(c54)c3c3c2oc2ccccc23)c1. The Morgan fingerprint density at radius 3 is 2.31 bits per heavy atom. The Bertz CT molecular complexity index is 2090. The molecule has 4 heterocycles. The highest BCUT2D eigenvalue weighted by Crippen LogP contribution is 2.46. The third kappa shape index (κ3) is 2.37. The smallest absolute Gasteiger partial charge is 0.146 e. The van der Waals surface area contributed by atoms with Crippen LogP contribution in [0.15, 0.2) is 95.5 Å². The first-order valence-electron chi connectivity index (χ1n) is 12.2. The van der Waals surface area contributed by atoms with E-state index in [0.717, 1.165) is 33.2 Å². The largest absolute Gasteiger partial charge is 0.455 e. The number of para-hydroxylation sites is 3. The Morgan fingerprint density at radius 2 is 1.46 bits per heavy atom. The van der Waals surface area contributed by atoms with Gasteiger partial charge in [-0.3, -0.25) is 4.98 Å². The van der Waals surface area contributed by atoms with Gasteiger partial charge in [0, 0.05) is 38.7 Å². The minimum Gasteiger partial charge on any atom is -0.455 e. The molecule has 0 bridgehead atoms. The molecule has 3 nitrogen and oxygen atoms in total. The van der Waals surface area contributed by atoms with E-state index in [4.69, 9.17) is 9.40 Å². The summed E-state index contributed by atoms with van der Waals surface area (Å²) in [7, 11) is 0. The predicted octanol–water partition coefficient (Wildman–Crippen LogP) is 8.92. The number of fused-ring (bicyclic) bond motifs is 10. The summed E-state index contributed by atoms with van der Waals surface area (Å²) < 4.78 is 9.04. The van der Waals surface area contributed by atoms with Crippen LogP contribution in [0.5, 0.6) is 0 Å². The quantitative estimate of drug-likeness (QED) is 0.263. The van der Waals surface area contributed by atoms with Crippen molar-refractivity contribution in [2.24, 2.45) is 0 Å². The highest BCUT2D eigenvalue weighted by Gasteiger charge is 2.24. The van der Waals surface area contributed by atoms with E-state index in [2.05, 4.69) is 97.1 Å². The molecule has 0 radical (unpaired) electrons. The fraction of sp³-hybridized carbons (Fsp3) is 0.0938. The van der Waals surface area contributed by atoms with Gasteiger partial charge in [0.15, 0.2) is 0 Å². The summed E-state index contributed by atoms with van der Waals surface area (Å²) in [5.74, 6) is 0.429. The van der Waals surface area contributed by atoms with E-state index in [9.17, 15) is 0 Å². The summed E-state index contributed by atoms with van der Waals surface area (Å²) in [5, 5.41) is 7.37. The maximum absolute atomic E-state index is 6.59. The average Bonchev–Trinajstić information content (AvgIpc) is 3.55. The molecule has 0 N–H and O–H groups in total. The number of pyridine rings is 1. The average molecular weight is 451 g/mol. The van der Waals surface area contributed by atoms with Gasteiger partial charge in [-0.2, -0.15) is 0 Å². The molecule has 166 valence electrons. The van der Waals surface area contributed by atoms with Crippen molar-refractivity contribution in [2.75, 3.05) is 0 Å². The fourth-order valence-electron chi connectivity index (χ4n) is 5.93. The van der Waals surface area contributed by atoms with Gasteiger partial charge in [0.1, 0.15) is 11.2 Å². The normalized spacial score (nSPS) is 12.5. The molecule has 0 aliphatic carbocycles. The summed E-state index contributed by atoms with van der Waals surface area (Å²) in [6.45, 7) is 4.44. The molecule has 0 unspecified atom stereocenters. The number of furan rings is 1. The molecule has 0 atom stereocenters. The fourth-order valence-corrected chi connectivity index (χ4v) is 5.93. The molecule has 0 fully saturated rings. The van der Waals surface area contributed by atoms with Crippen molar-refractivity contribution in [2.45, 2.75) is 19.8 Å². The van der Waals surface area contributed by atoms with E-state index in [1.807, 2.05) is 12.3 Å². The van der Waals surface area contributed by atoms with Gasteiger partial charge < -0.3 is 8.82 Å². The molecule has 0 spiro atoms. The van der Waals surface area contributed by atoms with Gasteiger partial charge in [-0.05, 0) is 41.8 Å². The molecule has 8 rings (SSSR count). The maximum atomic E-state index is 6.59. The van der Waals surface area contributed by atoms with Gasteiger partial charge >= 0.3 is 0 Å². The number of nitrogens with zero attached hydrogens (tertiary/aromatic N) is 2.